The summed E-state index contributed by atoms with van der Waals surface area (Å²) in [5.74, 6) is -0.0114. The van der Waals surface area contributed by atoms with E-state index in [9.17, 15) is 4.79 Å². The lowest BCUT2D eigenvalue weighted by Gasteiger charge is -2.34. The van der Waals surface area contributed by atoms with Gasteiger partial charge in [-0.3, -0.25) is 9.69 Å². The van der Waals surface area contributed by atoms with Gasteiger partial charge in [0.05, 0.1) is 13.2 Å². The average molecular weight is 328 g/mol. The zero-order chi connectivity index (χ0) is 13.8. The number of halogens is 1. The highest BCUT2D eigenvalue weighted by molar-refractivity contribution is 9.10. The molecule has 2 rings (SSSR count). The Hall–Kier alpha value is -1.11. The molecule has 0 aromatic heterocycles. The molecule has 5 nitrogen and oxygen atoms in total. The van der Waals surface area contributed by atoms with Crippen molar-refractivity contribution in [3.8, 4) is 0 Å². The molecule has 1 heterocycles. The number of carbonyl (C=O) groups is 1. The van der Waals surface area contributed by atoms with Crippen LogP contribution in [-0.4, -0.2) is 43.7 Å². The van der Waals surface area contributed by atoms with E-state index in [0.717, 1.165) is 16.6 Å². The Morgan fingerprint density at radius 1 is 1.58 bits per heavy atom. The molecule has 6 heteroatoms. The number of morpholine rings is 1. The second-order valence-corrected chi connectivity index (χ2v) is 5.48. The summed E-state index contributed by atoms with van der Waals surface area (Å²) >= 11 is 3.43. The molecular formula is C13H18BrN3O2. The number of anilines is 1. The molecule has 1 aromatic rings. The van der Waals surface area contributed by atoms with Gasteiger partial charge in [0.25, 0.3) is 0 Å². The molecule has 0 spiro atoms. The Bertz CT molecular complexity index is 447. The third-order valence-corrected chi connectivity index (χ3v) is 3.61. The van der Waals surface area contributed by atoms with Crippen molar-refractivity contribution in [1.82, 2.24) is 10.2 Å². The summed E-state index contributed by atoms with van der Waals surface area (Å²) in [4.78, 5) is 13.9. The predicted molar refractivity (Wildman–Crippen MR) is 77.6 cm³/mol. The molecule has 1 aromatic carbocycles. The lowest BCUT2D eigenvalue weighted by molar-refractivity contribution is -0.132. The third-order valence-electron chi connectivity index (χ3n) is 3.15. The van der Waals surface area contributed by atoms with Crippen LogP contribution in [0.3, 0.4) is 0 Å². The van der Waals surface area contributed by atoms with Crippen LogP contribution in [0.4, 0.5) is 5.69 Å². The van der Waals surface area contributed by atoms with E-state index in [0.29, 0.717) is 25.4 Å². The number of hydrogen-bond donors (Lipinski definition) is 2. The van der Waals surface area contributed by atoms with Crippen molar-refractivity contribution in [2.75, 3.05) is 32.5 Å². The number of ether oxygens (including phenoxy) is 1. The first-order valence-electron chi connectivity index (χ1n) is 6.18. The number of carbonyl (C=O) groups excluding carboxylic acids is 1. The topological polar surface area (TPSA) is 67.6 Å². The summed E-state index contributed by atoms with van der Waals surface area (Å²) in [6.07, 6.45) is 0. The third kappa shape index (κ3) is 3.68. The van der Waals surface area contributed by atoms with Crippen LogP contribution < -0.4 is 11.1 Å². The smallest absolute Gasteiger partial charge is 0.239 e. The fourth-order valence-electron chi connectivity index (χ4n) is 2.24. The van der Waals surface area contributed by atoms with Crippen LogP contribution in [-0.2, 0) is 16.1 Å². The first kappa shape index (κ1) is 14.3. The predicted octanol–water partition coefficient (Wildman–Crippen LogP) is 0.978. The van der Waals surface area contributed by atoms with Crippen molar-refractivity contribution in [2.24, 2.45) is 0 Å². The van der Waals surface area contributed by atoms with Crippen LogP contribution in [0.25, 0.3) is 0 Å². The number of nitrogens with two attached hydrogens (primary N) is 1. The van der Waals surface area contributed by atoms with Crippen LogP contribution in [0, 0.1) is 0 Å². The number of likely N-dealkylation sites (N-methyl/N-ethyl adjacent to an activating group) is 1. The molecule has 0 saturated carbocycles. The molecule has 19 heavy (non-hydrogen) atoms. The normalized spacial score (nSPS) is 20.2. The van der Waals surface area contributed by atoms with E-state index in [2.05, 4.69) is 26.1 Å². The second kappa shape index (κ2) is 6.36. The summed E-state index contributed by atoms with van der Waals surface area (Å²) in [6, 6.07) is 5.58. The summed E-state index contributed by atoms with van der Waals surface area (Å²) in [6.45, 7) is 2.51. The van der Waals surface area contributed by atoms with Crippen LogP contribution in [0.5, 0.6) is 0 Å². The number of nitrogens with zero attached hydrogens (tertiary/aromatic N) is 1. The lowest BCUT2D eigenvalue weighted by Crippen LogP contribution is -2.52. The molecular weight excluding hydrogens is 310 g/mol. The van der Waals surface area contributed by atoms with Crippen molar-refractivity contribution < 1.29 is 9.53 Å². The Labute approximate surface area is 121 Å². The summed E-state index contributed by atoms with van der Waals surface area (Å²) in [5.41, 5.74) is 7.64. The number of benzene rings is 1. The van der Waals surface area contributed by atoms with Gasteiger partial charge in [-0.15, -0.1) is 0 Å². The first-order chi connectivity index (χ1) is 9.10. The summed E-state index contributed by atoms with van der Waals surface area (Å²) in [7, 11) is 1.65. The number of hydrogen-bond acceptors (Lipinski definition) is 4. The maximum absolute atomic E-state index is 11.8. The number of rotatable bonds is 3. The van der Waals surface area contributed by atoms with Gasteiger partial charge in [-0.25, -0.2) is 0 Å². The Balaban J connectivity index is 2.12. The molecule has 3 N–H and O–H groups in total. The minimum Gasteiger partial charge on any atom is -0.399 e. The van der Waals surface area contributed by atoms with Crippen molar-refractivity contribution in [3.05, 3.63) is 28.2 Å². The monoisotopic (exact) mass is 327 g/mol. The van der Waals surface area contributed by atoms with Crippen molar-refractivity contribution in [1.29, 1.82) is 0 Å². The van der Waals surface area contributed by atoms with Crippen LogP contribution in [0.1, 0.15) is 5.56 Å². The van der Waals surface area contributed by atoms with Gasteiger partial charge in [0.15, 0.2) is 0 Å². The fourth-order valence-corrected chi connectivity index (χ4v) is 2.79. The summed E-state index contributed by atoms with van der Waals surface area (Å²) in [5, 5.41) is 2.68. The second-order valence-electron chi connectivity index (χ2n) is 4.57. The van der Waals surface area contributed by atoms with Gasteiger partial charge in [-0.1, -0.05) is 15.9 Å². The fraction of sp³-hybridized carbons (Fsp3) is 0.462. The average Bonchev–Trinajstić information content (AvgIpc) is 2.37. The number of amides is 1. The largest absolute Gasteiger partial charge is 0.399 e. The Kier molecular flexibility index (Phi) is 4.79. The molecule has 1 saturated heterocycles. The van der Waals surface area contributed by atoms with Gasteiger partial charge in [0.1, 0.15) is 6.04 Å². The highest BCUT2D eigenvalue weighted by Crippen LogP contribution is 2.20. The molecule has 1 atom stereocenters. The molecule has 0 radical (unpaired) electrons. The minimum atomic E-state index is -0.237. The molecule has 0 bridgehead atoms. The zero-order valence-corrected chi connectivity index (χ0v) is 12.4. The highest BCUT2D eigenvalue weighted by Gasteiger charge is 2.28. The quantitative estimate of drug-likeness (QED) is 0.812. The molecule has 104 valence electrons. The van der Waals surface area contributed by atoms with E-state index in [1.54, 1.807) is 7.05 Å². The van der Waals surface area contributed by atoms with Gasteiger partial charge in [-0.2, -0.15) is 0 Å². The summed E-state index contributed by atoms with van der Waals surface area (Å²) < 4.78 is 6.34. The van der Waals surface area contributed by atoms with Gasteiger partial charge in [0, 0.05) is 30.3 Å². The van der Waals surface area contributed by atoms with Crippen molar-refractivity contribution in [2.45, 2.75) is 12.6 Å². The van der Waals surface area contributed by atoms with E-state index in [4.69, 9.17) is 10.5 Å². The maximum atomic E-state index is 11.8. The van der Waals surface area contributed by atoms with Crippen LogP contribution >= 0.6 is 15.9 Å². The molecule has 1 fully saturated rings. The first-order valence-corrected chi connectivity index (χ1v) is 6.98. The minimum absolute atomic E-state index is 0.0114. The molecule has 1 amide bonds. The van der Waals surface area contributed by atoms with Crippen molar-refractivity contribution in [3.63, 3.8) is 0 Å². The van der Waals surface area contributed by atoms with Gasteiger partial charge in [-0.05, 0) is 23.8 Å². The van der Waals surface area contributed by atoms with Gasteiger partial charge >= 0.3 is 0 Å². The highest BCUT2D eigenvalue weighted by atomic mass is 79.9. The van der Waals surface area contributed by atoms with E-state index >= 15 is 0 Å². The number of nitrogen functional groups attached to an aromatic ring is 1. The Morgan fingerprint density at radius 3 is 3.05 bits per heavy atom. The van der Waals surface area contributed by atoms with E-state index in [1.807, 2.05) is 18.2 Å². The van der Waals surface area contributed by atoms with Gasteiger partial charge < -0.3 is 15.8 Å². The van der Waals surface area contributed by atoms with Gasteiger partial charge in [0.2, 0.25) is 5.91 Å². The molecule has 1 aliphatic heterocycles. The SMILES string of the molecule is CNC(=O)C1COCCN1Cc1cc(N)cc(Br)c1. The van der Waals surface area contributed by atoms with E-state index in [1.165, 1.54) is 0 Å². The molecule has 1 aliphatic rings. The maximum Gasteiger partial charge on any atom is 0.239 e. The molecule has 1 unspecified atom stereocenters. The van der Waals surface area contributed by atoms with Crippen LogP contribution in [0.2, 0.25) is 0 Å². The lowest BCUT2D eigenvalue weighted by atomic mass is 10.1. The van der Waals surface area contributed by atoms with E-state index < -0.39 is 0 Å². The van der Waals surface area contributed by atoms with Crippen LogP contribution in [0.15, 0.2) is 22.7 Å². The zero-order valence-electron chi connectivity index (χ0n) is 10.9. The standard InChI is InChI=1S/C13H18BrN3O2/c1-16-13(18)12-8-19-3-2-17(12)7-9-4-10(14)6-11(15)5-9/h4-6,12H,2-3,7-8,15H2,1H3,(H,16,18). The van der Waals surface area contributed by atoms with Crippen molar-refractivity contribution >= 4 is 27.5 Å². The number of nitrogens with one attached hydrogen (secondary N) is 1. The van der Waals surface area contributed by atoms with E-state index in [-0.39, 0.29) is 11.9 Å². The Morgan fingerprint density at radius 2 is 2.37 bits per heavy atom. The molecule has 0 aliphatic carbocycles.